The van der Waals surface area contributed by atoms with Crippen LogP contribution >= 0.6 is 0 Å². The summed E-state index contributed by atoms with van der Waals surface area (Å²) < 4.78 is 43.7. The Kier molecular flexibility index (Phi) is 7.96. The summed E-state index contributed by atoms with van der Waals surface area (Å²) >= 11 is 0. The number of alkyl halides is 3. The number of carbonyl (C=O) groups excluding carboxylic acids is 1. The molecule has 0 saturated carbocycles. The van der Waals surface area contributed by atoms with Crippen molar-refractivity contribution < 1.29 is 22.7 Å². The van der Waals surface area contributed by atoms with Crippen LogP contribution in [0.5, 0.6) is 0 Å². The molecule has 1 aliphatic heterocycles. The van der Waals surface area contributed by atoms with Crippen molar-refractivity contribution in [3.8, 4) is 0 Å². The third kappa shape index (κ3) is 6.11. The summed E-state index contributed by atoms with van der Waals surface area (Å²) in [5.41, 5.74) is 1.43. The molecule has 0 aromatic heterocycles. The minimum absolute atomic E-state index is 0.0319. The number of rotatable bonds is 8. The van der Waals surface area contributed by atoms with E-state index in [-0.39, 0.29) is 30.4 Å². The quantitative estimate of drug-likeness (QED) is 0.581. The van der Waals surface area contributed by atoms with Gasteiger partial charge in [0.1, 0.15) is 6.61 Å². The summed E-state index contributed by atoms with van der Waals surface area (Å²) in [5, 5.41) is 0. The molecule has 1 aliphatic rings. The van der Waals surface area contributed by atoms with Crippen molar-refractivity contribution in [1.29, 1.82) is 0 Å². The van der Waals surface area contributed by atoms with Gasteiger partial charge in [0, 0.05) is 45.2 Å². The van der Waals surface area contributed by atoms with Crippen molar-refractivity contribution in [2.75, 3.05) is 33.4 Å². The van der Waals surface area contributed by atoms with Gasteiger partial charge < -0.3 is 9.64 Å². The Morgan fingerprint density at radius 1 is 1.09 bits per heavy atom. The lowest BCUT2D eigenvalue weighted by Crippen LogP contribution is -2.43. The van der Waals surface area contributed by atoms with E-state index < -0.39 is 11.7 Å². The Hall–Kier alpha value is -2.38. The molecule has 0 bridgehead atoms. The zero-order valence-corrected chi connectivity index (χ0v) is 18.8. The molecule has 2 aromatic carbocycles. The first-order valence-electron chi connectivity index (χ1n) is 10.9. The molecule has 3 rings (SSSR count). The molecule has 0 radical (unpaired) electrons. The third-order valence-electron chi connectivity index (χ3n) is 6.07. The molecule has 0 spiro atoms. The fourth-order valence-electron chi connectivity index (χ4n) is 4.47. The van der Waals surface area contributed by atoms with Crippen LogP contribution in [0.2, 0.25) is 0 Å². The smallest absolute Gasteiger partial charge is 0.375 e. The van der Waals surface area contributed by atoms with Crippen LogP contribution in [0.3, 0.4) is 0 Å². The van der Waals surface area contributed by atoms with Gasteiger partial charge in [0.2, 0.25) is 5.91 Å². The lowest BCUT2D eigenvalue weighted by atomic mass is 9.88. The van der Waals surface area contributed by atoms with Crippen LogP contribution in [0.15, 0.2) is 54.6 Å². The van der Waals surface area contributed by atoms with E-state index in [0.29, 0.717) is 13.1 Å². The zero-order chi connectivity index (χ0) is 23.3. The first-order valence-corrected chi connectivity index (χ1v) is 10.9. The number of hydrogen-bond acceptors (Lipinski definition) is 3. The second-order valence-corrected chi connectivity index (χ2v) is 8.74. The summed E-state index contributed by atoms with van der Waals surface area (Å²) in [4.78, 5) is 16.7. The molecule has 1 amide bonds. The van der Waals surface area contributed by atoms with Crippen molar-refractivity contribution in [2.24, 2.45) is 5.92 Å². The molecule has 7 heteroatoms. The van der Waals surface area contributed by atoms with Gasteiger partial charge in [-0.25, -0.2) is 0 Å². The van der Waals surface area contributed by atoms with Gasteiger partial charge >= 0.3 is 6.18 Å². The van der Waals surface area contributed by atoms with Crippen LogP contribution in [0, 0.1) is 5.92 Å². The average Bonchev–Trinajstić information content (AvgIpc) is 3.14. The number of likely N-dealkylation sites (tertiary alicyclic amines) is 1. The summed E-state index contributed by atoms with van der Waals surface area (Å²) in [6.45, 7) is 6.80. The summed E-state index contributed by atoms with van der Waals surface area (Å²) in [5.74, 6) is 0.424. The largest absolute Gasteiger partial charge is 0.416 e. The Bertz CT molecular complexity index is 869. The van der Waals surface area contributed by atoms with E-state index in [2.05, 4.69) is 17.0 Å². The molecule has 2 atom stereocenters. The molecule has 2 unspecified atom stereocenters. The van der Waals surface area contributed by atoms with Crippen molar-refractivity contribution >= 4 is 5.91 Å². The number of hydrogen-bond donors (Lipinski definition) is 0. The fraction of sp³-hybridized carbons (Fsp3) is 0.480. The minimum Gasteiger partial charge on any atom is -0.375 e. The monoisotopic (exact) mass is 448 g/mol. The first-order chi connectivity index (χ1) is 15.2. The fourth-order valence-corrected chi connectivity index (χ4v) is 4.47. The zero-order valence-electron chi connectivity index (χ0n) is 18.8. The van der Waals surface area contributed by atoms with Gasteiger partial charge in [-0.3, -0.25) is 9.69 Å². The molecule has 174 valence electrons. The van der Waals surface area contributed by atoms with Crippen molar-refractivity contribution in [3.63, 3.8) is 0 Å². The second-order valence-electron chi connectivity index (χ2n) is 8.74. The highest BCUT2D eigenvalue weighted by Crippen LogP contribution is 2.35. The highest BCUT2D eigenvalue weighted by molar-refractivity contribution is 5.77. The predicted octanol–water partition coefficient (Wildman–Crippen LogP) is 4.80. The normalized spacial score (nSPS) is 19.5. The van der Waals surface area contributed by atoms with Gasteiger partial charge in [-0.15, -0.1) is 0 Å². The van der Waals surface area contributed by atoms with Crippen LogP contribution in [0.25, 0.3) is 0 Å². The van der Waals surface area contributed by atoms with E-state index in [0.717, 1.165) is 30.8 Å². The third-order valence-corrected chi connectivity index (χ3v) is 6.07. The predicted molar refractivity (Wildman–Crippen MR) is 118 cm³/mol. The molecule has 1 heterocycles. The number of methoxy groups -OCH3 is 1. The lowest BCUT2D eigenvalue weighted by Gasteiger charge is -2.31. The van der Waals surface area contributed by atoms with Crippen LogP contribution in [0.4, 0.5) is 13.2 Å². The molecule has 0 aliphatic carbocycles. The van der Waals surface area contributed by atoms with E-state index in [1.165, 1.54) is 12.7 Å². The van der Waals surface area contributed by atoms with E-state index in [9.17, 15) is 18.0 Å². The number of benzene rings is 2. The van der Waals surface area contributed by atoms with E-state index >= 15 is 0 Å². The van der Waals surface area contributed by atoms with E-state index in [4.69, 9.17) is 4.74 Å². The van der Waals surface area contributed by atoms with E-state index in [1.54, 1.807) is 12.1 Å². The number of nitrogens with zero attached hydrogens (tertiary/aromatic N) is 2. The van der Waals surface area contributed by atoms with Crippen molar-refractivity contribution in [2.45, 2.75) is 38.5 Å². The van der Waals surface area contributed by atoms with E-state index in [1.807, 2.05) is 36.9 Å². The van der Waals surface area contributed by atoms with Gasteiger partial charge in [0.25, 0.3) is 0 Å². The first kappa shape index (κ1) is 24.3. The summed E-state index contributed by atoms with van der Waals surface area (Å²) in [7, 11) is 1.52. The maximum atomic E-state index is 12.9. The number of amides is 1. The molecular weight excluding hydrogens is 417 g/mol. The number of ether oxygens (including phenoxy) is 1. The molecular formula is C25H31F3N2O2. The van der Waals surface area contributed by atoms with Gasteiger partial charge in [-0.05, 0) is 43.0 Å². The Morgan fingerprint density at radius 3 is 2.31 bits per heavy atom. The molecule has 4 nitrogen and oxygen atoms in total. The standard InChI is InChI=1S/C25H31F3N2O2/c1-18(2)30(24(31)17-32-3)15-21-14-29(16-23(21)20-7-5-4-6-8-20)13-19-9-11-22(12-10-19)25(26,27)28/h4-12,18,21,23H,13-17H2,1-3H3. The molecule has 32 heavy (non-hydrogen) atoms. The van der Waals surface area contributed by atoms with Crippen LogP contribution in [0.1, 0.15) is 36.5 Å². The second kappa shape index (κ2) is 10.5. The molecule has 1 saturated heterocycles. The minimum atomic E-state index is -4.33. The maximum Gasteiger partial charge on any atom is 0.416 e. The van der Waals surface area contributed by atoms with Gasteiger partial charge in [-0.2, -0.15) is 13.2 Å². The topological polar surface area (TPSA) is 32.8 Å². The Balaban J connectivity index is 1.77. The highest BCUT2D eigenvalue weighted by atomic mass is 19.4. The number of carbonyl (C=O) groups is 1. The van der Waals surface area contributed by atoms with Gasteiger partial charge in [0.15, 0.2) is 0 Å². The Morgan fingerprint density at radius 2 is 1.75 bits per heavy atom. The summed E-state index contributed by atoms with van der Waals surface area (Å²) in [6, 6.07) is 15.7. The number of halogens is 3. The van der Waals surface area contributed by atoms with Crippen molar-refractivity contribution in [1.82, 2.24) is 9.80 Å². The van der Waals surface area contributed by atoms with Crippen molar-refractivity contribution in [3.05, 3.63) is 71.3 Å². The van der Waals surface area contributed by atoms with Crippen LogP contribution < -0.4 is 0 Å². The highest BCUT2D eigenvalue weighted by Gasteiger charge is 2.36. The maximum absolute atomic E-state index is 12.9. The molecule has 2 aromatic rings. The molecule has 1 fully saturated rings. The lowest BCUT2D eigenvalue weighted by molar-refractivity contribution is -0.138. The average molecular weight is 449 g/mol. The molecule has 0 N–H and O–H groups in total. The van der Waals surface area contributed by atoms with Gasteiger partial charge in [-0.1, -0.05) is 42.5 Å². The van der Waals surface area contributed by atoms with Gasteiger partial charge in [0.05, 0.1) is 5.56 Å². The Labute approximate surface area is 188 Å². The summed E-state index contributed by atoms with van der Waals surface area (Å²) in [6.07, 6.45) is -4.33. The SMILES string of the molecule is COCC(=O)N(CC1CN(Cc2ccc(C(F)(F)F)cc2)CC1c1ccccc1)C(C)C. The van der Waals surface area contributed by atoms with Crippen LogP contribution in [-0.4, -0.2) is 55.1 Å². The van der Waals surface area contributed by atoms with Crippen LogP contribution in [-0.2, 0) is 22.3 Å².